The summed E-state index contributed by atoms with van der Waals surface area (Å²) in [6, 6.07) is -0.317. The van der Waals surface area contributed by atoms with E-state index in [4.69, 9.17) is 0 Å². The number of Topliss-reactive ketones (excluding diaryl/α,β-unsaturated/α-hetero) is 1. The molecule has 1 amide bonds. The van der Waals surface area contributed by atoms with E-state index in [2.05, 4.69) is 5.32 Å². The Morgan fingerprint density at radius 2 is 1.92 bits per heavy atom. The molecule has 0 aromatic carbocycles. The van der Waals surface area contributed by atoms with Crippen molar-refractivity contribution >= 4 is 23.5 Å². The molecule has 0 aliphatic heterocycles. The van der Waals surface area contributed by atoms with Gasteiger partial charge in [0.05, 0.1) is 6.04 Å². The van der Waals surface area contributed by atoms with E-state index in [0.717, 1.165) is 0 Å². The lowest BCUT2D eigenvalue weighted by Crippen LogP contribution is -2.40. The topological polar surface area (TPSA) is 46.2 Å². The van der Waals surface area contributed by atoms with Gasteiger partial charge in [-0.25, -0.2) is 0 Å². The lowest BCUT2D eigenvalue weighted by molar-refractivity contribution is -0.125. The van der Waals surface area contributed by atoms with Crippen LogP contribution in [0.1, 0.15) is 21.3 Å². The molecule has 0 spiro atoms. The number of hydrogen-bond acceptors (Lipinski definition) is 3. The van der Waals surface area contributed by atoms with E-state index in [-0.39, 0.29) is 25.2 Å². The summed E-state index contributed by atoms with van der Waals surface area (Å²) >= 11 is 1.54. The second kappa shape index (κ2) is 7.16. The maximum absolute atomic E-state index is 10.8. The fraction of sp³-hybridized carbons (Fsp3) is 0.750. The van der Waals surface area contributed by atoms with Crippen molar-refractivity contribution in [2.75, 3.05) is 12.0 Å². The molecule has 0 rings (SSSR count). The first-order chi connectivity index (χ1) is 5.07. The standard InChI is InChI=1S/C7H13NO2S.CH4/c1-5(9)7(4-11-3)8-6(2)10;/h7H,4H2,1-3H3,(H,8,10);1H4. The minimum absolute atomic E-state index is 0. The lowest BCUT2D eigenvalue weighted by atomic mass is 10.2. The number of ketones is 1. The molecule has 0 aliphatic carbocycles. The Kier molecular flexibility index (Phi) is 8.37. The van der Waals surface area contributed by atoms with E-state index in [1.807, 2.05) is 6.26 Å². The van der Waals surface area contributed by atoms with E-state index < -0.39 is 0 Å². The van der Waals surface area contributed by atoms with Crippen LogP contribution >= 0.6 is 11.8 Å². The molecule has 3 nitrogen and oxygen atoms in total. The number of amides is 1. The third-order valence-electron chi connectivity index (χ3n) is 1.20. The SMILES string of the molecule is C.CSCC(NC(C)=O)C(C)=O. The Morgan fingerprint density at radius 3 is 2.17 bits per heavy atom. The molecule has 12 heavy (non-hydrogen) atoms. The minimum atomic E-state index is -0.317. The summed E-state index contributed by atoms with van der Waals surface area (Å²) in [5.74, 6) is 0.503. The number of carbonyl (C=O) groups excluding carboxylic acids is 2. The predicted molar refractivity (Wildman–Crippen MR) is 53.4 cm³/mol. The van der Waals surface area contributed by atoms with Crippen molar-refractivity contribution in [3.63, 3.8) is 0 Å². The summed E-state index contributed by atoms with van der Waals surface area (Å²) in [5.41, 5.74) is 0. The second-order valence-corrected chi connectivity index (χ2v) is 3.23. The fourth-order valence-electron chi connectivity index (χ4n) is 0.673. The van der Waals surface area contributed by atoms with Gasteiger partial charge < -0.3 is 5.32 Å². The molecule has 0 aromatic heterocycles. The summed E-state index contributed by atoms with van der Waals surface area (Å²) in [5, 5.41) is 2.57. The van der Waals surface area contributed by atoms with Gasteiger partial charge in [-0.15, -0.1) is 0 Å². The van der Waals surface area contributed by atoms with E-state index >= 15 is 0 Å². The molecule has 1 N–H and O–H groups in total. The van der Waals surface area contributed by atoms with Crippen molar-refractivity contribution in [1.82, 2.24) is 5.32 Å². The van der Waals surface area contributed by atoms with Crippen LogP contribution in [0.25, 0.3) is 0 Å². The van der Waals surface area contributed by atoms with Crippen LogP contribution in [0.4, 0.5) is 0 Å². The Bertz CT molecular complexity index is 159. The molecule has 0 saturated heterocycles. The highest BCUT2D eigenvalue weighted by atomic mass is 32.2. The maximum Gasteiger partial charge on any atom is 0.217 e. The smallest absolute Gasteiger partial charge is 0.217 e. The van der Waals surface area contributed by atoms with E-state index in [9.17, 15) is 9.59 Å². The molecule has 0 heterocycles. The summed E-state index contributed by atoms with van der Waals surface area (Å²) < 4.78 is 0. The van der Waals surface area contributed by atoms with Gasteiger partial charge >= 0.3 is 0 Å². The predicted octanol–water partition coefficient (Wildman–Crippen LogP) is 1.08. The zero-order valence-corrected chi connectivity index (χ0v) is 7.83. The van der Waals surface area contributed by atoms with E-state index in [0.29, 0.717) is 5.75 Å². The molecule has 1 atom stereocenters. The summed E-state index contributed by atoms with van der Waals surface area (Å²) in [4.78, 5) is 21.4. The first-order valence-electron chi connectivity index (χ1n) is 3.34. The van der Waals surface area contributed by atoms with Crippen LogP contribution in [-0.4, -0.2) is 29.7 Å². The Hall–Kier alpha value is -0.510. The molecule has 0 aromatic rings. The molecule has 1 unspecified atom stereocenters. The number of nitrogens with one attached hydrogen (secondary N) is 1. The average molecular weight is 191 g/mol. The van der Waals surface area contributed by atoms with Crippen molar-refractivity contribution < 1.29 is 9.59 Å². The van der Waals surface area contributed by atoms with Gasteiger partial charge in [-0.1, -0.05) is 7.43 Å². The molecular formula is C8H17NO2S. The molecular weight excluding hydrogens is 174 g/mol. The van der Waals surface area contributed by atoms with Crippen LogP contribution in [0, 0.1) is 0 Å². The largest absolute Gasteiger partial charge is 0.346 e. The van der Waals surface area contributed by atoms with Crippen molar-refractivity contribution in [2.24, 2.45) is 0 Å². The normalized spacial score (nSPS) is 11.2. The number of carbonyl (C=O) groups is 2. The molecule has 0 bridgehead atoms. The highest BCUT2D eigenvalue weighted by molar-refractivity contribution is 7.98. The van der Waals surface area contributed by atoms with E-state index in [1.165, 1.54) is 13.8 Å². The second-order valence-electron chi connectivity index (χ2n) is 2.32. The van der Waals surface area contributed by atoms with Crippen LogP contribution in [0.2, 0.25) is 0 Å². The van der Waals surface area contributed by atoms with Gasteiger partial charge in [0, 0.05) is 12.7 Å². The van der Waals surface area contributed by atoms with Gasteiger partial charge in [0.1, 0.15) is 0 Å². The Balaban J connectivity index is 0. The van der Waals surface area contributed by atoms with Crippen molar-refractivity contribution in [3.8, 4) is 0 Å². The molecule has 0 aliphatic rings. The highest BCUT2D eigenvalue weighted by Crippen LogP contribution is 1.97. The molecule has 0 radical (unpaired) electrons. The summed E-state index contributed by atoms with van der Waals surface area (Å²) in [6.45, 7) is 2.90. The average Bonchev–Trinajstić information content (AvgIpc) is 1.86. The Labute approximate surface area is 78.3 Å². The zero-order valence-electron chi connectivity index (χ0n) is 7.01. The molecule has 0 fully saturated rings. The van der Waals surface area contributed by atoms with Crippen LogP contribution < -0.4 is 5.32 Å². The molecule has 0 saturated carbocycles. The van der Waals surface area contributed by atoms with Crippen molar-refractivity contribution in [3.05, 3.63) is 0 Å². The number of hydrogen-bond donors (Lipinski definition) is 1. The quantitative estimate of drug-likeness (QED) is 0.723. The van der Waals surface area contributed by atoms with E-state index in [1.54, 1.807) is 11.8 Å². The first kappa shape index (κ1) is 14.0. The van der Waals surface area contributed by atoms with Gasteiger partial charge in [0.2, 0.25) is 5.91 Å². The zero-order chi connectivity index (χ0) is 8.85. The number of rotatable bonds is 4. The Morgan fingerprint density at radius 1 is 1.42 bits per heavy atom. The van der Waals surface area contributed by atoms with Gasteiger partial charge in [0.15, 0.2) is 5.78 Å². The van der Waals surface area contributed by atoms with Crippen molar-refractivity contribution in [1.29, 1.82) is 0 Å². The summed E-state index contributed by atoms with van der Waals surface area (Å²) in [7, 11) is 0. The van der Waals surface area contributed by atoms with Crippen LogP contribution in [0.5, 0.6) is 0 Å². The van der Waals surface area contributed by atoms with Crippen molar-refractivity contribution in [2.45, 2.75) is 27.3 Å². The maximum atomic E-state index is 10.8. The van der Waals surface area contributed by atoms with Crippen LogP contribution in [0.15, 0.2) is 0 Å². The van der Waals surface area contributed by atoms with Gasteiger partial charge in [0.25, 0.3) is 0 Å². The van der Waals surface area contributed by atoms with Crippen LogP contribution in [0.3, 0.4) is 0 Å². The van der Waals surface area contributed by atoms with Crippen LogP contribution in [-0.2, 0) is 9.59 Å². The highest BCUT2D eigenvalue weighted by Gasteiger charge is 2.13. The molecule has 4 heteroatoms. The summed E-state index contributed by atoms with van der Waals surface area (Å²) in [6.07, 6.45) is 1.90. The number of thioether (sulfide) groups is 1. The fourth-order valence-corrected chi connectivity index (χ4v) is 1.32. The first-order valence-corrected chi connectivity index (χ1v) is 4.73. The molecule has 72 valence electrons. The van der Waals surface area contributed by atoms with Gasteiger partial charge in [-0.2, -0.15) is 11.8 Å². The minimum Gasteiger partial charge on any atom is -0.346 e. The van der Waals surface area contributed by atoms with Gasteiger partial charge in [-0.05, 0) is 13.2 Å². The van der Waals surface area contributed by atoms with Gasteiger partial charge in [-0.3, -0.25) is 9.59 Å². The third-order valence-corrected chi connectivity index (χ3v) is 1.87. The lowest BCUT2D eigenvalue weighted by Gasteiger charge is -2.12. The third kappa shape index (κ3) is 6.22. The monoisotopic (exact) mass is 191 g/mol.